The first-order chi connectivity index (χ1) is 8.66. The van der Waals surface area contributed by atoms with Gasteiger partial charge in [0.2, 0.25) is 0 Å². The van der Waals surface area contributed by atoms with E-state index in [1.807, 2.05) is 0 Å². The molecule has 1 aromatic heterocycles. The molecule has 0 aromatic carbocycles. The highest BCUT2D eigenvalue weighted by molar-refractivity contribution is 9.10. The molecule has 1 aromatic rings. The lowest BCUT2D eigenvalue weighted by Gasteiger charge is -2.28. The van der Waals surface area contributed by atoms with Crippen molar-refractivity contribution in [1.82, 2.24) is 9.80 Å². The maximum atomic E-state index is 12.0. The van der Waals surface area contributed by atoms with Gasteiger partial charge in [-0.05, 0) is 28.1 Å². The fourth-order valence-electron chi connectivity index (χ4n) is 1.84. The molecule has 0 atom stereocenters. The van der Waals surface area contributed by atoms with Crippen LogP contribution in [0.15, 0.2) is 21.2 Å². The van der Waals surface area contributed by atoms with Gasteiger partial charge < -0.3 is 14.1 Å². The van der Waals surface area contributed by atoms with Gasteiger partial charge in [0.25, 0.3) is 5.91 Å². The van der Waals surface area contributed by atoms with Crippen LogP contribution in [-0.2, 0) is 4.74 Å². The Morgan fingerprint density at radius 1 is 1.44 bits per heavy atom. The van der Waals surface area contributed by atoms with Crippen molar-refractivity contribution >= 4 is 21.8 Å². The molecule has 1 fully saturated rings. The normalized spacial score (nSPS) is 16.8. The lowest BCUT2D eigenvalue weighted by atomic mass is 10.3. The van der Waals surface area contributed by atoms with Crippen LogP contribution in [-0.4, -0.2) is 62.1 Å². The molecule has 0 unspecified atom stereocenters. The zero-order valence-electron chi connectivity index (χ0n) is 10.4. The first kappa shape index (κ1) is 13.6. The topological polar surface area (TPSA) is 45.9 Å². The molecule has 0 N–H and O–H groups in total. The number of furan rings is 1. The van der Waals surface area contributed by atoms with E-state index < -0.39 is 0 Å². The number of amides is 1. The molecule has 0 aliphatic carbocycles. The van der Waals surface area contributed by atoms with Crippen LogP contribution in [0.1, 0.15) is 10.6 Å². The lowest BCUT2D eigenvalue weighted by Crippen LogP contribution is -2.41. The molecule has 5 nitrogen and oxygen atoms in total. The van der Waals surface area contributed by atoms with Gasteiger partial charge >= 0.3 is 0 Å². The molecule has 1 amide bonds. The molecule has 2 rings (SSSR count). The number of halogens is 1. The highest BCUT2D eigenvalue weighted by Crippen LogP contribution is 2.15. The smallest absolute Gasteiger partial charge is 0.289 e. The second-order valence-electron chi connectivity index (χ2n) is 4.28. The van der Waals surface area contributed by atoms with Gasteiger partial charge in [0, 0.05) is 33.2 Å². The predicted molar refractivity (Wildman–Crippen MR) is 70.6 cm³/mol. The molecule has 0 spiro atoms. The summed E-state index contributed by atoms with van der Waals surface area (Å²) in [6.45, 7) is 5.00. The Balaban J connectivity index is 1.80. The Kier molecular flexibility index (Phi) is 4.79. The van der Waals surface area contributed by atoms with E-state index in [0.717, 1.165) is 32.8 Å². The summed E-state index contributed by atoms with van der Waals surface area (Å²) < 4.78 is 11.1. The number of carbonyl (C=O) groups is 1. The summed E-state index contributed by atoms with van der Waals surface area (Å²) >= 11 is 3.19. The molecule has 18 heavy (non-hydrogen) atoms. The van der Waals surface area contributed by atoms with Crippen LogP contribution in [0.4, 0.5) is 0 Å². The van der Waals surface area contributed by atoms with Gasteiger partial charge in [0.1, 0.15) is 0 Å². The van der Waals surface area contributed by atoms with E-state index >= 15 is 0 Å². The molecule has 1 aliphatic heterocycles. The number of morpholine rings is 1. The lowest BCUT2D eigenvalue weighted by molar-refractivity contribution is 0.0335. The van der Waals surface area contributed by atoms with Crippen LogP contribution in [0.3, 0.4) is 0 Å². The maximum Gasteiger partial charge on any atom is 0.289 e. The third-order valence-corrected chi connectivity index (χ3v) is 3.41. The minimum absolute atomic E-state index is 0.0889. The number of nitrogens with zero attached hydrogens (tertiary/aromatic N) is 2. The van der Waals surface area contributed by atoms with Crippen molar-refractivity contribution in [1.29, 1.82) is 0 Å². The van der Waals surface area contributed by atoms with E-state index in [4.69, 9.17) is 9.15 Å². The van der Waals surface area contributed by atoms with Gasteiger partial charge in [-0.3, -0.25) is 9.69 Å². The van der Waals surface area contributed by atoms with Crippen molar-refractivity contribution < 1.29 is 13.9 Å². The first-order valence-electron chi connectivity index (χ1n) is 5.98. The van der Waals surface area contributed by atoms with E-state index in [1.54, 1.807) is 24.1 Å². The van der Waals surface area contributed by atoms with Crippen molar-refractivity contribution in [3.8, 4) is 0 Å². The Labute approximate surface area is 115 Å². The molecule has 0 radical (unpaired) electrons. The van der Waals surface area contributed by atoms with E-state index in [0.29, 0.717) is 17.0 Å². The standard InChI is InChI=1S/C12H17BrN2O3/c1-14(4-5-15-6-8-17-9-7-15)12(16)10-2-3-11(13)18-10/h2-3H,4-9H2,1H3. The van der Waals surface area contributed by atoms with Crippen molar-refractivity contribution in [2.45, 2.75) is 0 Å². The van der Waals surface area contributed by atoms with Crippen molar-refractivity contribution in [3.63, 3.8) is 0 Å². The molecule has 1 saturated heterocycles. The fraction of sp³-hybridized carbons (Fsp3) is 0.583. The number of hydrogen-bond acceptors (Lipinski definition) is 4. The summed E-state index contributed by atoms with van der Waals surface area (Å²) in [5.74, 6) is 0.278. The van der Waals surface area contributed by atoms with Crippen molar-refractivity contribution in [2.75, 3.05) is 46.4 Å². The van der Waals surface area contributed by atoms with Crippen LogP contribution in [0.5, 0.6) is 0 Å². The molecule has 100 valence electrons. The minimum atomic E-state index is -0.0889. The van der Waals surface area contributed by atoms with Gasteiger partial charge in [-0.15, -0.1) is 0 Å². The molecule has 0 saturated carbocycles. The number of likely N-dealkylation sites (N-methyl/N-ethyl adjacent to an activating group) is 1. The van der Waals surface area contributed by atoms with Gasteiger partial charge in [-0.25, -0.2) is 0 Å². The number of hydrogen-bond donors (Lipinski definition) is 0. The van der Waals surface area contributed by atoms with Crippen LogP contribution < -0.4 is 0 Å². The minimum Gasteiger partial charge on any atom is -0.444 e. The van der Waals surface area contributed by atoms with Crippen LogP contribution >= 0.6 is 15.9 Å². The highest BCUT2D eigenvalue weighted by Gasteiger charge is 2.17. The zero-order chi connectivity index (χ0) is 13.0. The van der Waals surface area contributed by atoms with Gasteiger partial charge in [0.15, 0.2) is 10.4 Å². The summed E-state index contributed by atoms with van der Waals surface area (Å²) in [6.07, 6.45) is 0. The summed E-state index contributed by atoms with van der Waals surface area (Å²) in [4.78, 5) is 16.0. The third-order valence-electron chi connectivity index (χ3n) is 2.99. The maximum absolute atomic E-state index is 12.0. The average Bonchev–Trinajstić information content (AvgIpc) is 2.83. The van der Waals surface area contributed by atoms with E-state index in [1.165, 1.54) is 0 Å². The van der Waals surface area contributed by atoms with Gasteiger partial charge in [-0.2, -0.15) is 0 Å². The largest absolute Gasteiger partial charge is 0.444 e. The van der Waals surface area contributed by atoms with Gasteiger partial charge in [-0.1, -0.05) is 0 Å². The second kappa shape index (κ2) is 6.36. The fourth-order valence-corrected chi connectivity index (χ4v) is 2.14. The second-order valence-corrected chi connectivity index (χ2v) is 5.07. The van der Waals surface area contributed by atoms with Crippen molar-refractivity contribution in [3.05, 3.63) is 22.6 Å². The first-order valence-corrected chi connectivity index (χ1v) is 6.77. The van der Waals surface area contributed by atoms with E-state index in [-0.39, 0.29) is 5.91 Å². The Bertz CT molecular complexity index is 402. The Hall–Kier alpha value is -0.850. The zero-order valence-corrected chi connectivity index (χ0v) is 12.0. The summed E-state index contributed by atoms with van der Waals surface area (Å²) in [5.41, 5.74) is 0. The van der Waals surface area contributed by atoms with Gasteiger partial charge in [0.05, 0.1) is 13.2 Å². The van der Waals surface area contributed by atoms with Crippen LogP contribution in [0.25, 0.3) is 0 Å². The number of rotatable bonds is 4. The number of ether oxygens (including phenoxy) is 1. The Morgan fingerprint density at radius 2 is 2.17 bits per heavy atom. The summed E-state index contributed by atoms with van der Waals surface area (Å²) in [7, 11) is 1.79. The third kappa shape index (κ3) is 3.57. The number of carbonyl (C=O) groups excluding carboxylic acids is 1. The molecular weight excluding hydrogens is 300 g/mol. The molecule has 0 bridgehead atoms. The monoisotopic (exact) mass is 316 g/mol. The van der Waals surface area contributed by atoms with E-state index in [2.05, 4.69) is 20.8 Å². The SMILES string of the molecule is CN(CCN1CCOCC1)C(=O)c1ccc(Br)o1. The quantitative estimate of drug-likeness (QED) is 0.843. The summed E-state index contributed by atoms with van der Waals surface area (Å²) in [5, 5.41) is 0. The average molecular weight is 317 g/mol. The van der Waals surface area contributed by atoms with E-state index in [9.17, 15) is 4.79 Å². The Morgan fingerprint density at radius 3 is 2.78 bits per heavy atom. The molecular formula is C12H17BrN2O3. The van der Waals surface area contributed by atoms with Crippen LogP contribution in [0.2, 0.25) is 0 Å². The predicted octanol–water partition coefficient (Wildman–Crippen LogP) is 1.45. The molecule has 6 heteroatoms. The molecule has 2 heterocycles. The van der Waals surface area contributed by atoms with Crippen LogP contribution in [0, 0.1) is 0 Å². The molecule has 1 aliphatic rings. The van der Waals surface area contributed by atoms with Crippen molar-refractivity contribution in [2.24, 2.45) is 0 Å². The summed E-state index contributed by atoms with van der Waals surface area (Å²) in [6, 6.07) is 3.40. The highest BCUT2D eigenvalue weighted by atomic mass is 79.9.